The second-order valence-electron chi connectivity index (χ2n) is 3.12. The monoisotopic (exact) mass is 260 g/mol. The Morgan fingerprint density at radius 3 is 2.64 bits per heavy atom. The third-order valence-corrected chi connectivity index (χ3v) is 2.38. The third kappa shape index (κ3) is 3.56. The van der Waals surface area contributed by atoms with Crippen molar-refractivity contribution in [1.29, 1.82) is 0 Å². The standard InChI is InChI=1S/C9H13BrN2O2/c1-11-4-6-12(7-5-11)9(13)14-8-2-3-10/h4-8H2,1H3. The Balaban J connectivity index is 2.26. The fraction of sp³-hybridized carbons (Fsp3) is 0.667. The van der Waals surface area contributed by atoms with Gasteiger partial charge in [-0.05, 0) is 17.8 Å². The molecule has 0 atom stereocenters. The highest BCUT2D eigenvalue weighted by atomic mass is 79.9. The quantitative estimate of drug-likeness (QED) is 0.652. The van der Waals surface area contributed by atoms with Gasteiger partial charge in [-0.15, -0.1) is 0 Å². The molecule has 0 bridgehead atoms. The van der Waals surface area contributed by atoms with Crippen molar-refractivity contribution >= 4 is 22.0 Å². The number of halogens is 1. The molecule has 0 aromatic heterocycles. The molecular formula is C9H13BrN2O2. The molecule has 1 rings (SSSR count). The molecule has 1 fully saturated rings. The molecule has 0 radical (unpaired) electrons. The smallest absolute Gasteiger partial charge is 0.410 e. The van der Waals surface area contributed by atoms with Gasteiger partial charge in [0.1, 0.15) is 0 Å². The Bertz CT molecular complexity index is 251. The van der Waals surface area contributed by atoms with Crippen molar-refractivity contribution in [3.8, 4) is 10.8 Å². The number of amides is 1. The molecule has 0 N–H and O–H groups in total. The van der Waals surface area contributed by atoms with Gasteiger partial charge in [0.15, 0.2) is 6.61 Å². The minimum Gasteiger partial charge on any atom is -0.436 e. The van der Waals surface area contributed by atoms with E-state index < -0.39 is 0 Å². The van der Waals surface area contributed by atoms with Crippen molar-refractivity contribution < 1.29 is 9.53 Å². The van der Waals surface area contributed by atoms with Crippen LogP contribution in [0.2, 0.25) is 0 Å². The summed E-state index contributed by atoms with van der Waals surface area (Å²) in [5.41, 5.74) is 0. The number of hydrogen-bond donors (Lipinski definition) is 0. The zero-order chi connectivity index (χ0) is 10.4. The van der Waals surface area contributed by atoms with Crippen LogP contribution in [0.1, 0.15) is 0 Å². The Labute approximate surface area is 92.3 Å². The highest BCUT2D eigenvalue weighted by Gasteiger charge is 2.19. The molecular weight excluding hydrogens is 248 g/mol. The van der Waals surface area contributed by atoms with Crippen molar-refractivity contribution in [2.75, 3.05) is 39.8 Å². The predicted octanol–water partition coefficient (Wildman–Crippen LogP) is 0.726. The maximum absolute atomic E-state index is 11.4. The lowest BCUT2D eigenvalue weighted by Crippen LogP contribution is -2.47. The van der Waals surface area contributed by atoms with Gasteiger partial charge in [0.05, 0.1) is 0 Å². The van der Waals surface area contributed by atoms with Crippen LogP contribution in [0.25, 0.3) is 0 Å². The van der Waals surface area contributed by atoms with Gasteiger partial charge in [-0.2, -0.15) is 0 Å². The number of piperazine rings is 1. The SMILES string of the molecule is CN1CCN(C(=O)OCC#CBr)CC1. The van der Waals surface area contributed by atoms with Gasteiger partial charge >= 0.3 is 6.09 Å². The van der Waals surface area contributed by atoms with Crippen LogP contribution in [-0.4, -0.2) is 55.7 Å². The summed E-state index contributed by atoms with van der Waals surface area (Å²) in [6, 6.07) is 0. The molecule has 78 valence electrons. The Kier molecular flexibility index (Phi) is 4.77. The first-order valence-corrected chi connectivity index (χ1v) is 5.22. The minimum atomic E-state index is -0.270. The van der Waals surface area contributed by atoms with Crippen LogP contribution in [-0.2, 0) is 4.74 Å². The first-order valence-electron chi connectivity index (χ1n) is 4.43. The summed E-state index contributed by atoms with van der Waals surface area (Å²) >= 11 is 2.93. The zero-order valence-corrected chi connectivity index (χ0v) is 9.71. The Hall–Kier alpha value is -0.730. The van der Waals surface area contributed by atoms with Crippen LogP contribution in [0.5, 0.6) is 0 Å². The van der Waals surface area contributed by atoms with Crippen LogP contribution in [0.3, 0.4) is 0 Å². The molecule has 1 heterocycles. The molecule has 1 aliphatic rings. The van der Waals surface area contributed by atoms with E-state index in [2.05, 4.69) is 31.6 Å². The van der Waals surface area contributed by atoms with E-state index >= 15 is 0 Å². The molecule has 0 unspecified atom stereocenters. The largest absolute Gasteiger partial charge is 0.436 e. The summed E-state index contributed by atoms with van der Waals surface area (Å²) in [6.45, 7) is 3.42. The molecule has 0 aromatic rings. The number of rotatable bonds is 1. The van der Waals surface area contributed by atoms with Gasteiger partial charge < -0.3 is 14.5 Å². The zero-order valence-electron chi connectivity index (χ0n) is 8.12. The molecule has 1 saturated heterocycles. The summed E-state index contributed by atoms with van der Waals surface area (Å²) in [5.74, 6) is 2.61. The van der Waals surface area contributed by atoms with E-state index in [1.165, 1.54) is 0 Å². The van der Waals surface area contributed by atoms with E-state index in [1.54, 1.807) is 4.90 Å². The molecule has 5 heteroatoms. The highest BCUT2D eigenvalue weighted by Crippen LogP contribution is 2.01. The molecule has 0 aliphatic carbocycles. The second kappa shape index (κ2) is 5.89. The lowest BCUT2D eigenvalue weighted by Gasteiger charge is -2.31. The summed E-state index contributed by atoms with van der Waals surface area (Å²) in [5, 5.41) is 0. The molecule has 1 amide bonds. The van der Waals surface area contributed by atoms with Gasteiger partial charge in [-0.25, -0.2) is 4.79 Å². The molecule has 0 aromatic carbocycles. The fourth-order valence-electron chi connectivity index (χ4n) is 1.21. The second-order valence-corrected chi connectivity index (χ2v) is 3.51. The van der Waals surface area contributed by atoms with E-state index in [9.17, 15) is 4.79 Å². The van der Waals surface area contributed by atoms with Crippen LogP contribution in [0.15, 0.2) is 0 Å². The summed E-state index contributed by atoms with van der Waals surface area (Å²) in [7, 11) is 2.04. The summed E-state index contributed by atoms with van der Waals surface area (Å²) in [6.07, 6.45) is -0.270. The van der Waals surface area contributed by atoms with Crippen molar-refractivity contribution in [1.82, 2.24) is 9.80 Å². The average Bonchev–Trinajstić information content (AvgIpc) is 2.19. The predicted molar refractivity (Wildman–Crippen MR) is 57.1 cm³/mol. The van der Waals surface area contributed by atoms with Gasteiger partial charge in [0.2, 0.25) is 0 Å². The number of carbonyl (C=O) groups is 1. The van der Waals surface area contributed by atoms with Crippen LogP contribution >= 0.6 is 15.9 Å². The third-order valence-electron chi connectivity index (χ3n) is 2.10. The molecule has 4 nitrogen and oxygen atoms in total. The molecule has 0 spiro atoms. The van der Waals surface area contributed by atoms with Gasteiger partial charge in [-0.1, -0.05) is 0 Å². The normalized spacial score (nSPS) is 17.1. The summed E-state index contributed by atoms with van der Waals surface area (Å²) < 4.78 is 4.92. The maximum Gasteiger partial charge on any atom is 0.410 e. The van der Waals surface area contributed by atoms with Crippen molar-refractivity contribution in [3.05, 3.63) is 0 Å². The van der Waals surface area contributed by atoms with E-state index in [0.717, 1.165) is 26.2 Å². The first-order chi connectivity index (χ1) is 6.74. The first kappa shape index (κ1) is 11.3. The van der Waals surface area contributed by atoms with E-state index in [1.807, 2.05) is 7.05 Å². The summed E-state index contributed by atoms with van der Waals surface area (Å²) in [4.78, 5) is 17.8. The van der Waals surface area contributed by atoms with E-state index in [4.69, 9.17) is 4.74 Å². The lowest BCUT2D eigenvalue weighted by molar-refractivity contribution is 0.0908. The molecule has 1 aliphatic heterocycles. The maximum atomic E-state index is 11.4. The van der Waals surface area contributed by atoms with Gasteiger partial charge in [-0.3, -0.25) is 0 Å². The average molecular weight is 261 g/mol. The molecule has 0 saturated carbocycles. The number of ether oxygens (including phenoxy) is 1. The van der Waals surface area contributed by atoms with Crippen molar-refractivity contribution in [3.63, 3.8) is 0 Å². The number of likely N-dealkylation sites (N-methyl/N-ethyl adjacent to an activating group) is 1. The molecule has 14 heavy (non-hydrogen) atoms. The lowest BCUT2D eigenvalue weighted by atomic mass is 10.3. The van der Waals surface area contributed by atoms with Crippen molar-refractivity contribution in [2.24, 2.45) is 0 Å². The van der Waals surface area contributed by atoms with Crippen LogP contribution < -0.4 is 0 Å². The number of nitrogens with zero attached hydrogens (tertiary/aromatic N) is 2. The fourth-order valence-corrected chi connectivity index (χ4v) is 1.32. The highest BCUT2D eigenvalue weighted by molar-refractivity contribution is 9.12. The topological polar surface area (TPSA) is 32.8 Å². The Morgan fingerprint density at radius 2 is 2.07 bits per heavy atom. The van der Waals surface area contributed by atoms with E-state index in [0.29, 0.717) is 0 Å². The van der Waals surface area contributed by atoms with E-state index in [-0.39, 0.29) is 12.7 Å². The van der Waals surface area contributed by atoms with Crippen molar-refractivity contribution in [2.45, 2.75) is 0 Å². The Morgan fingerprint density at radius 1 is 1.43 bits per heavy atom. The van der Waals surface area contributed by atoms with Gasteiger partial charge in [0.25, 0.3) is 0 Å². The number of hydrogen-bond acceptors (Lipinski definition) is 3. The van der Waals surface area contributed by atoms with Crippen LogP contribution in [0.4, 0.5) is 4.79 Å². The van der Waals surface area contributed by atoms with Crippen LogP contribution in [0, 0.1) is 10.8 Å². The van der Waals surface area contributed by atoms with Gasteiger partial charge in [0, 0.05) is 42.1 Å². The number of carbonyl (C=O) groups excluding carboxylic acids is 1. The minimum absolute atomic E-state index is 0.149.